The van der Waals surface area contributed by atoms with Crippen LogP contribution in [0, 0.1) is 12.8 Å². The summed E-state index contributed by atoms with van der Waals surface area (Å²) in [6, 6.07) is 3.06. The van der Waals surface area contributed by atoms with E-state index in [0.717, 1.165) is 6.92 Å². The summed E-state index contributed by atoms with van der Waals surface area (Å²) in [6.45, 7) is 12.0. The van der Waals surface area contributed by atoms with Gasteiger partial charge in [-0.3, -0.25) is 14.4 Å². The van der Waals surface area contributed by atoms with Crippen LogP contribution in [0.3, 0.4) is 0 Å². The van der Waals surface area contributed by atoms with E-state index in [4.69, 9.17) is 52.1 Å². The highest BCUT2D eigenvalue weighted by Gasteiger charge is 2.51. The standard InChI is InChI=1S/C51H72O23/c1-18-30(70-35-15-31(43(58)21(4)66-35)71-33-13-28(53)42(57)20(3)65-33)12-26-10-25-11-27(48(64-9)41(56)19(2)52)49(46(61)39(25)45(60)38(26)40(18)55)73-36-16-32(44(59)22(5)67-36)72-34-14-29(54)47(23(6)68-34)74-37-17-51(8,63)50(62)24(7)69-37/h10,12,20-24,27-29,31-37,42-44,47-50,53-55,57-60,62-63H,11,13-17H2,1-9H3/t20-,21-,22-,23-,24-,27+,28-,29-,31+,32-,33+,34-,35+,36+,37+,42-,43-,44-,47+,48+,49+,50-,51+/m1/s1. The van der Waals surface area contributed by atoms with E-state index in [0.29, 0.717) is 0 Å². The molecule has 5 aliphatic heterocycles. The van der Waals surface area contributed by atoms with Crippen molar-refractivity contribution >= 4 is 28.1 Å². The van der Waals surface area contributed by atoms with Crippen molar-refractivity contribution in [3.63, 3.8) is 0 Å². The molecular weight excluding hydrogens is 981 g/mol. The molecule has 2 aromatic rings. The number of carbonyl (C=O) groups is 3. The van der Waals surface area contributed by atoms with Crippen molar-refractivity contribution in [2.45, 2.75) is 229 Å². The molecule has 5 fully saturated rings. The molecule has 0 bridgehead atoms. The van der Waals surface area contributed by atoms with Crippen LogP contribution >= 0.6 is 0 Å². The zero-order valence-corrected chi connectivity index (χ0v) is 42.8. The van der Waals surface area contributed by atoms with E-state index in [2.05, 4.69) is 0 Å². The van der Waals surface area contributed by atoms with Gasteiger partial charge in [0.2, 0.25) is 12.1 Å². The lowest BCUT2D eigenvalue weighted by Crippen LogP contribution is -2.58. The molecule has 8 rings (SSSR count). The average Bonchev–Trinajstić information content (AvgIpc) is 3.31. The van der Waals surface area contributed by atoms with Crippen LogP contribution in [0.1, 0.15) is 102 Å². The molecule has 0 radical (unpaired) electrons. The SMILES string of the molecule is CO[C@H](C(=O)C(C)=O)[C@@H]1Cc2cc3cc(O[C@H]4C[C@H](O[C@H]5C[C@@H](O)[C@H](O)[C@@H](C)O5)[C@H](O)[C@@H](C)O4)c(C)c(O)c3c(O)c2C(=O)[C@H]1O[C@H]1C[C@@H](O[C@@H]2C[C@@H](O)[C@@H](O[C@H]3C[C@](C)(O)[C@H](O)[C@@H](C)O3)[C@@H](C)O2)[C@H](O)[C@@H](C)O1. The summed E-state index contributed by atoms with van der Waals surface area (Å²) in [5.74, 6) is -4.75. The minimum absolute atomic E-state index is 0.0238. The fourth-order valence-electron chi connectivity index (χ4n) is 11.2. The maximum atomic E-state index is 14.9. The van der Waals surface area contributed by atoms with E-state index in [1.807, 2.05) is 0 Å². The van der Waals surface area contributed by atoms with Crippen LogP contribution in [-0.4, -0.2) is 205 Å². The Bertz CT molecular complexity index is 2340. The van der Waals surface area contributed by atoms with Crippen molar-refractivity contribution in [2.75, 3.05) is 7.11 Å². The minimum atomic E-state index is -1.61. The predicted octanol–water partition coefficient (Wildman–Crippen LogP) is 0.598. The summed E-state index contributed by atoms with van der Waals surface area (Å²) >= 11 is 0. The number of aromatic hydroxyl groups is 2. The lowest BCUT2D eigenvalue weighted by molar-refractivity contribution is -0.337. The molecule has 74 heavy (non-hydrogen) atoms. The van der Waals surface area contributed by atoms with E-state index >= 15 is 0 Å². The minimum Gasteiger partial charge on any atom is -0.507 e. The molecule has 6 aliphatic rings. The van der Waals surface area contributed by atoms with Crippen LogP contribution in [0.15, 0.2) is 12.1 Å². The number of Topliss-reactive ketones (excluding diaryl/α,β-unsaturated/α-hetero) is 3. The van der Waals surface area contributed by atoms with Crippen LogP contribution < -0.4 is 4.74 Å². The van der Waals surface area contributed by atoms with Gasteiger partial charge in [0.1, 0.15) is 60.0 Å². The van der Waals surface area contributed by atoms with Gasteiger partial charge in [-0.1, -0.05) is 0 Å². The summed E-state index contributed by atoms with van der Waals surface area (Å²) < 4.78 is 66.3. The Kier molecular flexibility index (Phi) is 17.2. The number of aliphatic hydroxyl groups excluding tert-OH is 6. The second kappa shape index (κ2) is 22.4. The van der Waals surface area contributed by atoms with E-state index < -0.39 is 169 Å². The monoisotopic (exact) mass is 1050 g/mol. The van der Waals surface area contributed by atoms with Crippen LogP contribution in [0.5, 0.6) is 17.2 Å². The second-order valence-corrected chi connectivity index (χ2v) is 21.0. The fourth-order valence-corrected chi connectivity index (χ4v) is 11.2. The molecule has 0 saturated carbocycles. The molecule has 23 atom stereocenters. The number of ether oxygens (including phenoxy) is 11. The molecule has 0 spiro atoms. The van der Waals surface area contributed by atoms with Gasteiger partial charge in [-0.15, -0.1) is 0 Å². The topological polar surface area (TPSA) is 335 Å². The van der Waals surface area contributed by atoms with Gasteiger partial charge in [-0.05, 0) is 78.0 Å². The van der Waals surface area contributed by atoms with Gasteiger partial charge in [0.25, 0.3) is 0 Å². The van der Waals surface area contributed by atoms with E-state index in [1.54, 1.807) is 34.6 Å². The predicted molar refractivity (Wildman–Crippen MR) is 252 cm³/mol. The Labute approximate surface area is 427 Å². The fraction of sp³-hybridized carbons (Fsp3) is 0.745. The van der Waals surface area contributed by atoms with Crippen molar-refractivity contribution < 1.29 is 112 Å². The summed E-state index contributed by atoms with van der Waals surface area (Å²) in [4.78, 5) is 41.0. The highest BCUT2D eigenvalue weighted by atomic mass is 16.7. The largest absolute Gasteiger partial charge is 0.507 e. The maximum Gasteiger partial charge on any atom is 0.227 e. The molecule has 23 heteroatoms. The van der Waals surface area contributed by atoms with Crippen molar-refractivity contribution in [3.8, 4) is 17.2 Å². The van der Waals surface area contributed by atoms with Gasteiger partial charge in [0.05, 0.1) is 71.5 Å². The van der Waals surface area contributed by atoms with Crippen LogP contribution in [-0.2, 0) is 63.4 Å². The first-order valence-corrected chi connectivity index (χ1v) is 25.3. The van der Waals surface area contributed by atoms with Gasteiger partial charge in [-0.25, -0.2) is 0 Å². The third kappa shape index (κ3) is 11.4. The molecule has 0 amide bonds. The number of ketones is 3. The highest BCUT2D eigenvalue weighted by Crippen LogP contribution is 2.47. The average molecular weight is 1050 g/mol. The third-order valence-electron chi connectivity index (χ3n) is 15.4. The van der Waals surface area contributed by atoms with Crippen molar-refractivity contribution in [1.82, 2.24) is 0 Å². The molecule has 0 aromatic heterocycles. The number of benzene rings is 2. The first-order chi connectivity index (χ1) is 34.8. The van der Waals surface area contributed by atoms with Gasteiger partial charge >= 0.3 is 0 Å². The first kappa shape index (κ1) is 56.6. The number of fused-ring (bicyclic) bond motifs is 2. The molecule has 5 saturated heterocycles. The smallest absolute Gasteiger partial charge is 0.227 e. The quantitative estimate of drug-likeness (QED) is 0.117. The summed E-state index contributed by atoms with van der Waals surface area (Å²) in [5, 5.41) is 98.9. The van der Waals surface area contributed by atoms with Crippen molar-refractivity contribution in [3.05, 3.63) is 28.8 Å². The third-order valence-corrected chi connectivity index (χ3v) is 15.4. The number of aliphatic hydroxyl groups is 7. The van der Waals surface area contributed by atoms with Gasteiger partial charge < -0.3 is 98.1 Å². The molecular formula is C51H72O23. The van der Waals surface area contributed by atoms with E-state index in [-0.39, 0.29) is 71.7 Å². The van der Waals surface area contributed by atoms with Crippen molar-refractivity contribution in [1.29, 1.82) is 0 Å². The van der Waals surface area contributed by atoms with E-state index in [1.165, 1.54) is 33.1 Å². The maximum absolute atomic E-state index is 14.9. The molecule has 0 unspecified atom stereocenters. The molecule has 1 aliphatic carbocycles. The number of phenolic OH excluding ortho intramolecular Hbond substituents is 2. The molecule has 23 nitrogen and oxygen atoms in total. The number of hydrogen-bond donors (Lipinski definition) is 9. The molecule has 414 valence electrons. The normalized spacial score (nSPS) is 42.4. The van der Waals surface area contributed by atoms with Crippen LogP contribution in [0.25, 0.3) is 10.8 Å². The lowest BCUT2D eigenvalue weighted by Gasteiger charge is -2.46. The highest BCUT2D eigenvalue weighted by molar-refractivity contribution is 6.38. The zero-order chi connectivity index (χ0) is 54.0. The van der Waals surface area contributed by atoms with Gasteiger partial charge in [0.15, 0.2) is 36.7 Å². The number of rotatable bonds is 14. The Balaban J connectivity index is 1.01. The Morgan fingerprint density at radius 3 is 1.80 bits per heavy atom. The Morgan fingerprint density at radius 2 is 1.23 bits per heavy atom. The Morgan fingerprint density at radius 1 is 0.689 bits per heavy atom. The summed E-state index contributed by atoms with van der Waals surface area (Å²) in [6.07, 6.45) is -22.9. The molecule has 5 heterocycles. The molecule has 9 N–H and O–H groups in total. The van der Waals surface area contributed by atoms with Crippen LogP contribution in [0.2, 0.25) is 0 Å². The van der Waals surface area contributed by atoms with Gasteiger partial charge in [-0.2, -0.15) is 0 Å². The zero-order valence-electron chi connectivity index (χ0n) is 42.8. The Hall–Kier alpha value is -3.57. The van der Waals surface area contributed by atoms with Crippen molar-refractivity contribution in [2.24, 2.45) is 5.92 Å². The lowest BCUT2D eigenvalue weighted by atomic mass is 9.75. The number of carbonyl (C=O) groups excluding carboxylic acids is 3. The number of methoxy groups -OCH3 is 1. The summed E-state index contributed by atoms with van der Waals surface area (Å²) in [5.41, 5.74) is -1.37. The number of phenols is 2. The van der Waals surface area contributed by atoms with Crippen LogP contribution in [0.4, 0.5) is 0 Å². The van der Waals surface area contributed by atoms with Gasteiger partial charge in [0, 0.05) is 57.6 Å². The second-order valence-electron chi connectivity index (χ2n) is 21.0. The molecule has 2 aromatic carbocycles. The first-order valence-electron chi connectivity index (χ1n) is 25.3. The number of hydrogen-bond acceptors (Lipinski definition) is 23. The van der Waals surface area contributed by atoms with E-state index in [9.17, 15) is 60.3 Å². The summed E-state index contributed by atoms with van der Waals surface area (Å²) in [7, 11) is 1.20.